The summed E-state index contributed by atoms with van der Waals surface area (Å²) in [5.41, 5.74) is 1.81. The molecule has 1 aliphatic rings. The van der Waals surface area contributed by atoms with Crippen LogP contribution in [0.3, 0.4) is 0 Å². The number of hydrogen-bond acceptors (Lipinski definition) is 5. The lowest BCUT2D eigenvalue weighted by molar-refractivity contribution is 0.0950. The molecule has 0 aromatic carbocycles. The van der Waals surface area contributed by atoms with Crippen molar-refractivity contribution in [2.24, 2.45) is 0 Å². The Kier molecular flexibility index (Phi) is 5.00. The number of pyridine rings is 2. The molecule has 4 rings (SSSR count). The van der Waals surface area contributed by atoms with Crippen LogP contribution in [0.2, 0.25) is 0 Å². The van der Waals surface area contributed by atoms with Crippen LogP contribution < -0.4 is 16.3 Å². The van der Waals surface area contributed by atoms with Crippen molar-refractivity contribution in [1.82, 2.24) is 24.6 Å². The highest BCUT2D eigenvalue weighted by Gasteiger charge is 2.25. The van der Waals surface area contributed by atoms with E-state index in [-0.39, 0.29) is 29.6 Å². The van der Waals surface area contributed by atoms with Gasteiger partial charge < -0.3 is 9.88 Å². The molecule has 3 heterocycles. The zero-order valence-electron chi connectivity index (χ0n) is 16.5. The number of nitrogens with zero attached hydrogens (tertiary/aromatic N) is 4. The Balaban J connectivity index is 1.53. The van der Waals surface area contributed by atoms with Gasteiger partial charge in [-0.2, -0.15) is 5.10 Å². The molecule has 150 valence electrons. The van der Waals surface area contributed by atoms with Crippen molar-refractivity contribution in [2.75, 3.05) is 6.54 Å². The lowest BCUT2D eigenvalue weighted by Crippen LogP contribution is -2.34. The third-order valence-electron chi connectivity index (χ3n) is 5.14. The number of nitrogens with one attached hydrogen (secondary N) is 1. The van der Waals surface area contributed by atoms with Crippen molar-refractivity contribution in [3.8, 4) is 0 Å². The maximum absolute atomic E-state index is 12.8. The smallest absolute Gasteiger partial charge is 0.266 e. The quantitative estimate of drug-likeness (QED) is 0.686. The number of rotatable bonds is 6. The van der Waals surface area contributed by atoms with Gasteiger partial charge >= 0.3 is 0 Å². The van der Waals surface area contributed by atoms with Crippen LogP contribution >= 0.6 is 0 Å². The van der Waals surface area contributed by atoms with Gasteiger partial charge in [0.1, 0.15) is 11.2 Å². The van der Waals surface area contributed by atoms with Crippen molar-refractivity contribution in [3.05, 3.63) is 68.0 Å². The lowest BCUT2D eigenvalue weighted by atomic mass is 10.1. The van der Waals surface area contributed by atoms with E-state index >= 15 is 0 Å². The Hall–Kier alpha value is -3.29. The number of carbonyl (C=O) groups excluding carboxylic acids is 1. The van der Waals surface area contributed by atoms with Gasteiger partial charge in [0, 0.05) is 37.0 Å². The zero-order valence-corrected chi connectivity index (χ0v) is 16.5. The van der Waals surface area contributed by atoms with Crippen LogP contribution in [0.5, 0.6) is 0 Å². The molecule has 1 saturated carbocycles. The molecule has 1 N–H and O–H groups in total. The molecule has 0 unspecified atom stereocenters. The summed E-state index contributed by atoms with van der Waals surface area (Å²) >= 11 is 0. The largest absolute Gasteiger partial charge is 0.350 e. The summed E-state index contributed by atoms with van der Waals surface area (Å²) < 4.78 is 3.16. The van der Waals surface area contributed by atoms with E-state index in [1.807, 2.05) is 13.8 Å². The van der Waals surface area contributed by atoms with Gasteiger partial charge in [0.2, 0.25) is 5.43 Å². The molecular weight excluding hydrogens is 370 g/mol. The molecule has 1 amide bonds. The number of aromatic nitrogens is 4. The highest BCUT2D eigenvalue weighted by Crippen LogP contribution is 2.38. The first kappa shape index (κ1) is 19.0. The highest BCUT2D eigenvalue weighted by atomic mass is 16.2. The summed E-state index contributed by atoms with van der Waals surface area (Å²) in [6, 6.07) is 6.75. The van der Waals surface area contributed by atoms with Gasteiger partial charge in [-0.3, -0.25) is 14.4 Å². The predicted molar refractivity (Wildman–Crippen MR) is 109 cm³/mol. The molecule has 0 atom stereocenters. The first-order valence-corrected chi connectivity index (χ1v) is 9.85. The van der Waals surface area contributed by atoms with E-state index in [4.69, 9.17) is 0 Å². The molecule has 1 aliphatic carbocycles. The minimum Gasteiger partial charge on any atom is -0.350 e. The Morgan fingerprint density at radius 2 is 2.00 bits per heavy atom. The Bertz CT molecular complexity index is 1210. The van der Waals surface area contributed by atoms with Crippen molar-refractivity contribution in [1.29, 1.82) is 0 Å². The first-order valence-electron chi connectivity index (χ1n) is 9.85. The first-order chi connectivity index (χ1) is 14.0. The number of hydrogen-bond donors (Lipinski definition) is 1. The monoisotopic (exact) mass is 393 g/mol. The molecule has 3 aromatic rings. The Morgan fingerprint density at radius 3 is 2.72 bits per heavy atom. The van der Waals surface area contributed by atoms with Gasteiger partial charge in [-0.15, -0.1) is 0 Å². The molecule has 3 aromatic heterocycles. The number of carbonyl (C=O) groups is 1. The minimum atomic E-state index is -0.467. The van der Waals surface area contributed by atoms with Crippen LogP contribution in [-0.2, 0) is 13.1 Å². The number of fused-ring (bicyclic) bond motifs is 1. The number of aryl methyl sites for hydroxylation is 2. The van der Waals surface area contributed by atoms with Crippen molar-refractivity contribution < 1.29 is 4.79 Å². The second-order valence-corrected chi connectivity index (χ2v) is 7.33. The van der Waals surface area contributed by atoms with Crippen LogP contribution in [0.25, 0.3) is 11.0 Å². The second kappa shape index (κ2) is 7.62. The van der Waals surface area contributed by atoms with Crippen LogP contribution in [-0.4, -0.2) is 31.8 Å². The molecule has 1 fully saturated rings. The average molecular weight is 393 g/mol. The standard InChI is InChI=1S/C21H23N5O3/c1-3-25-12-16(19(28)15-7-4-13(2)23-20(15)25)21(29)22-10-11-26-18(27)9-8-17(24-26)14-5-6-14/h4,7-9,12,14H,3,5-6,10-11H2,1-2H3,(H,22,29). The molecule has 0 bridgehead atoms. The molecule has 8 nitrogen and oxygen atoms in total. The average Bonchev–Trinajstić information content (AvgIpc) is 3.55. The summed E-state index contributed by atoms with van der Waals surface area (Å²) in [6.45, 7) is 4.83. The highest BCUT2D eigenvalue weighted by molar-refractivity contribution is 5.96. The minimum absolute atomic E-state index is 0.0667. The van der Waals surface area contributed by atoms with Crippen molar-refractivity contribution in [3.63, 3.8) is 0 Å². The van der Waals surface area contributed by atoms with Crippen LogP contribution in [0.4, 0.5) is 0 Å². The van der Waals surface area contributed by atoms with E-state index < -0.39 is 5.91 Å². The van der Waals surface area contributed by atoms with E-state index in [9.17, 15) is 14.4 Å². The van der Waals surface area contributed by atoms with Gasteiger partial charge in [-0.1, -0.05) is 0 Å². The molecule has 0 aliphatic heterocycles. The van der Waals surface area contributed by atoms with E-state index in [1.165, 1.54) is 10.7 Å². The van der Waals surface area contributed by atoms with Crippen molar-refractivity contribution in [2.45, 2.75) is 45.7 Å². The van der Waals surface area contributed by atoms with Gasteiger partial charge in [-0.05, 0) is 44.9 Å². The van der Waals surface area contributed by atoms with Gasteiger partial charge in [0.15, 0.2) is 0 Å². The van der Waals surface area contributed by atoms with E-state index in [2.05, 4.69) is 15.4 Å². The molecule has 0 saturated heterocycles. The van der Waals surface area contributed by atoms with Gasteiger partial charge in [0.05, 0.1) is 17.6 Å². The molecule has 0 spiro atoms. The third-order valence-corrected chi connectivity index (χ3v) is 5.14. The SMILES string of the molecule is CCn1cc(C(=O)NCCn2nc(C3CC3)ccc2=O)c(=O)c2ccc(C)nc21. The maximum atomic E-state index is 12.8. The van der Waals surface area contributed by atoms with Crippen LogP contribution in [0, 0.1) is 6.92 Å². The fourth-order valence-electron chi connectivity index (χ4n) is 3.35. The topological polar surface area (TPSA) is 98.9 Å². The molecule has 0 radical (unpaired) electrons. The third kappa shape index (κ3) is 3.83. The summed E-state index contributed by atoms with van der Waals surface area (Å²) in [4.78, 5) is 41.9. The fraction of sp³-hybridized carbons (Fsp3) is 0.381. The van der Waals surface area contributed by atoms with Crippen molar-refractivity contribution >= 4 is 16.9 Å². The van der Waals surface area contributed by atoms with Crippen LogP contribution in [0.15, 0.2) is 40.1 Å². The van der Waals surface area contributed by atoms with E-state index in [0.717, 1.165) is 24.2 Å². The van der Waals surface area contributed by atoms with Gasteiger partial charge in [-0.25, -0.2) is 9.67 Å². The molecule has 29 heavy (non-hydrogen) atoms. The summed E-state index contributed by atoms with van der Waals surface area (Å²) in [5.74, 6) is -0.0233. The molecule has 8 heteroatoms. The number of amides is 1. The van der Waals surface area contributed by atoms with Crippen LogP contribution in [0.1, 0.15) is 47.4 Å². The van der Waals surface area contributed by atoms with E-state index in [0.29, 0.717) is 23.5 Å². The second-order valence-electron chi connectivity index (χ2n) is 7.33. The predicted octanol–water partition coefficient (Wildman–Crippen LogP) is 1.59. The van der Waals surface area contributed by atoms with Gasteiger partial charge in [0.25, 0.3) is 11.5 Å². The summed E-state index contributed by atoms with van der Waals surface area (Å²) in [6.07, 6.45) is 3.74. The zero-order chi connectivity index (χ0) is 20.5. The summed E-state index contributed by atoms with van der Waals surface area (Å²) in [5, 5.41) is 7.53. The normalized spacial score (nSPS) is 13.6. The maximum Gasteiger partial charge on any atom is 0.266 e. The summed E-state index contributed by atoms with van der Waals surface area (Å²) in [7, 11) is 0. The fourth-order valence-corrected chi connectivity index (χ4v) is 3.35. The molecular formula is C21H23N5O3. The lowest BCUT2D eigenvalue weighted by Gasteiger charge is -2.12. The Morgan fingerprint density at radius 1 is 1.21 bits per heavy atom. The Labute approximate surface area is 167 Å². The van der Waals surface area contributed by atoms with E-state index in [1.54, 1.807) is 29.0 Å².